The van der Waals surface area contributed by atoms with E-state index in [0.717, 1.165) is 5.56 Å². The van der Waals surface area contributed by atoms with Crippen LogP contribution in [0.3, 0.4) is 0 Å². The minimum absolute atomic E-state index is 0.0214. The number of rotatable bonds is 3. The predicted octanol–water partition coefficient (Wildman–Crippen LogP) is 2.42. The van der Waals surface area contributed by atoms with Gasteiger partial charge in [-0.3, -0.25) is 9.59 Å². The van der Waals surface area contributed by atoms with Gasteiger partial charge in [-0.05, 0) is 25.5 Å². The number of amides is 2. The third-order valence-electron chi connectivity index (χ3n) is 4.48. The van der Waals surface area contributed by atoms with Gasteiger partial charge in [0.1, 0.15) is 5.76 Å². The highest BCUT2D eigenvalue weighted by Crippen LogP contribution is 2.14. The molecular weight excluding hydrogens is 304 g/mol. The maximum absolute atomic E-state index is 12.4. The molecule has 1 aromatic carbocycles. The van der Waals surface area contributed by atoms with E-state index in [-0.39, 0.29) is 11.8 Å². The minimum atomic E-state index is -0.0214. The molecule has 126 valence electrons. The van der Waals surface area contributed by atoms with Gasteiger partial charge in [-0.2, -0.15) is 0 Å². The summed E-state index contributed by atoms with van der Waals surface area (Å²) < 4.78 is 5.20. The first-order valence-electron chi connectivity index (χ1n) is 8.21. The van der Waals surface area contributed by atoms with Crippen LogP contribution in [0.4, 0.5) is 0 Å². The largest absolute Gasteiger partial charge is 0.469 e. The third-order valence-corrected chi connectivity index (χ3v) is 4.48. The third kappa shape index (κ3) is 3.50. The van der Waals surface area contributed by atoms with Crippen molar-refractivity contribution < 1.29 is 14.0 Å². The van der Waals surface area contributed by atoms with Gasteiger partial charge >= 0.3 is 0 Å². The second kappa shape index (κ2) is 6.91. The average Bonchev–Trinajstić information content (AvgIpc) is 3.02. The molecule has 1 aliphatic heterocycles. The van der Waals surface area contributed by atoms with Crippen molar-refractivity contribution in [3.63, 3.8) is 0 Å². The molecule has 24 heavy (non-hydrogen) atoms. The summed E-state index contributed by atoms with van der Waals surface area (Å²) in [5, 5.41) is 0. The highest BCUT2D eigenvalue weighted by atomic mass is 16.3. The maximum Gasteiger partial charge on any atom is 0.257 e. The van der Waals surface area contributed by atoms with Crippen LogP contribution in [0.25, 0.3) is 0 Å². The van der Waals surface area contributed by atoms with Crippen LogP contribution >= 0.6 is 0 Å². The van der Waals surface area contributed by atoms with Gasteiger partial charge in [-0.15, -0.1) is 0 Å². The summed E-state index contributed by atoms with van der Waals surface area (Å²) in [5.41, 5.74) is 2.82. The zero-order chi connectivity index (χ0) is 17.1. The second-order valence-corrected chi connectivity index (χ2v) is 6.23. The van der Waals surface area contributed by atoms with Crippen molar-refractivity contribution in [2.45, 2.75) is 20.3 Å². The molecule has 0 bridgehead atoms. The van der Waals surface area contributed by atoms with Crippen LogP contribution in [-0.4, -0.2) is 47.8 Å². The number of nitrogens with zero attached hydrogens (tertiary/aromatic N) is 2. The lowest BCUT2D eigenvalue weighted by atomic mass is 10.1. The number of hydrogen-bond donors (Lipinski definition) is 0. The Kier molecular flexibility index (Phi) is 4.69. The molecule has 0 atom stereocenters. The smallest absolute Gasteiger partial charge is 0.257 e. The van der Waals surface area contributed by atoms with Gasteiger partial charge in [0.25, 0.3) is 5.91 Å². The van der Waals surface area contributed by atoms with Crippen molar-refractivity contribution in [3.8, 4) is 0 Å². The lowest BCUT2D eigenvalue weighted by Gasteiger charge is -2.34. The van der Waals surface area contributed by atoms with Crippen molar-refractivity contribution in [1.82, 2.24) is 9.80 Å². The summed E-state index contributed by atoms with van der Waals surface area (Å²) in [6.45, 7) is 6.09. The van der Waals surface area contributed by atoms with Crippen LogP contribution in [0.15, 0.2) is 41.0 Å². The van der Waals surface area contributed by atoms with E-state index in [2.05, 4.69) is 0 Å². The number of hydrogen-bond acceptors (Lipinski definition) is 3. The molecule has 1 aromatic heterocycles. The van der Waals surface area contributed by atoms with E-state index in [1.165, 1.54) is 11.8 Å². The maximum atomic E-state index is 12.4. The molecule has 0 radical (unpaired) electrons. The van der Waals surface area contributed by atoms with Crippen molar-refractivity contribution >= 4 is 11.8 Å². The van der Waals surface area contributed by atoms with Gasteiger partial charge in [0.05, 0.1) is 18.2 Å². The van der Waals surface area contributed by atoms with Crippen molar-refractivity contribution in [3.05, 3.63) is 59.0 Å². The Hall–Kier alpha value is -2.56. The number of furan rings is 1. The quantitative estimate of drug-likeness (QED) is 0.870. The van der Waals surface area contributed by atoms with Gasteiger partial charge in [-0.25, -0.2) is 0 Å². The van der Waals surface area contributed by atoms with Gasteiger partial charge < -0.3 is 14.2 Å². The van der Waals surface area contributed by atoms with E-state index in [9.17, 15) is 9.59 Å². The minimum Gasteiger partial charge on any atom is -0.469 e. The first kappa shape index (κ1) is 16.3. The molecule has 0 unspecified atom stereocenters. The molecule has 2 amide bonds. The summed E-state index contributed by atoms with van der Waals surface area (Å²) in [6.07, 6.45) is 1.94. The number of benzene rings is 1. The SMILES string of the molecule is Cc1ccc(CC(=O)N2CCN(C(=O)c3ccoc3C)CC2)cc1. The molecule has 0 saturated carbocycles. The first-order chi connectivity index (χ1) is 11.5. The van der Waals surface area contributed by atoms with Crippen LogP contribution in [-0.2, 0) is 11.2 Å². The van der Waals surface area contributed by atoms with Gasteiger partial charge in [0, 0.05) is 26.2 Å². The molecule has 5 heteroatoms. The summed E-state index contributed by atoms with van der Waals surface area (Å²) in [6, 6.07) is 9.73. The zero-order valence-corrected chi connectivity index (χ0v) is 14.1. The zero-order valence-electron chi connectivity index (χ0n) is 14.1. The fourth-order valence-corrected chi connectivity index (χ4v) is 2.93. The Balaban J connectivity index is 1.55. The summed E-state index contributed by atoms with van der Waals surface area (Å²) in [4.78, 5) is 28.5. The Morgan fingerprint density at radius 1 is 0.958 bits per heavy atom. The fraction of sp³-hybridized carbons (Fsp3) is 0.368. The van der Waals surface area contributed by atoms with E-state index in [1.54, 1.807) is 17.9 Å². The number of carbonyl (C=O) groups is 2. The van der Waals surface area contributed by atoms with E-state index in [0.29, 0.717) is 43.9 Å². The monoisotopic (exact) mass is 326 g/mol. The van der Waals surface area contributed by atoms with Crippen LogP contribution in [0.5, 0.6) is 0 Å². The van der Waals surface area contributed by atoms with Crippen LogP contribution < -0.4 is 0 Å². The van der Waals surface area contributed by atoms with Crippen molar-refractivity contribution in [1.29, 1.82) is 0 Å². The predicted molar refractivity (Wildman–Crippen MR) is 90.8 cm³/mol. The summed E-state index contributed by atoms with van der Waals surface area (Å²) in [5.74, 6) is 0.732. The summed E-state index contributed by atoms with van der Waals surface area (Å²) in [7, 11) is 0. The topological polar surface area (TPSA) is 53.8 Å². The van der Waals surface area contributed by atoms with Gasteiger partial charge in [-0.1, -0.05) is 29.8 Å². The number of piperazine rings is 1. The van der Waals surface area contributed by atoms with Crippen molar-refractivity contribution in [2.75, 3.05) is 26.2 Å². The Morgan fingerprint density at radius 2 is 1.58 bits per heavy atom. The molecule has 2 aromatic rings. The Bertz CT molecular complexity index is 725. The lowest BCUT2D eigenvalue weighted by molar-refractivity contribution is -0.131. The normalized spacial score (nSPS) is 14.8. The highest BCUT2D eigenvalue weighted by Gasteiger charge is 2.26. The molecule has 1 saturated heterocycles. The molecule has 0 spiro atoms. The van der Waals surface area contributed by atoms with Gasteiger partial charge in [0.15, 0.2) is 0 Å². The molecule has 0 N–H and O–H groups in total. The average molecular weight is 326 g/mol. The first-order valence-corrected chi connectivity index (χ1v) is 8.21. The molecular formula is C19H22N2O3. The van der Waals surface area contributed by atoms with E-state index >= 15 is 0 Å². The lowest BCUT2D eigenvalue weighted by Crippen LogP contribution is -2.51. The fourth-order valence-electron chi connectivity index (χ4n) is 2.93. The highest BCUT2D eigenvalue weighted by molar-refractivity contribution is 5.95. The standard InChI is InChI=1S/C19H22N2O3/c1-14-3-5-16(6-4-14)13-18(22)20-8-10-21(11-9-20)19(23)17-7-12-24-15(17)2/h3-7,12H,8-11,13H2,1-2H3. The van der Waals surface area contributed by atoms with E-state index in [1.807, 2.05) is 36.1 Å². The van der Waals surface area contributed by atoms with Crippen LogP contribution in [0, 0.1) is 13.8 Å². The number of aryl methyl sites for hydroxylation is 2. The molecule has 0 aliphatic carbocycles. The molecule has 5 nitrogen and oxygen atoms in total. The van der Waals surface area contributed by atoms with Crippen LogP contribution in [0.1, 0.15) is 27.2 Å². The van der Waals surface area contributed by atoms with Crippen molar-refractivity contribution in [2.24, 2.45) is 0 Å². The summed E-state index contributed by atoms with van der Waals surface area (Å²) >= 11 is 0. The molecule has 2 heterocycles. The van der Waals surface area contributed by atoms with Crippen LogP contribution in [0.2, 0.25) is 0 Å². The number of carbonyl (C=O) groups excluding carboxylic acids is 2. The van der Waals surface area contributed by atoms with E-state index < -0.39 is 0 Å². The second-order valence-electron chi connectivity index (χ2n) is 6.23. The van der Waals surface area contributed by atoms with E-state index in [4.69, 9.17) is 4.42 Å². The van der Waals surface area contributed by atoms with Gasteiger partial charge in [0.2, 0.25) is 5.91 Å². The molecule has 1 fully saturated rings. The molecule has 3 rings (SSSR count). The Morgan fingerprint density at radius 3 is 2.17 bits per heavy atom. The Labute approximate surface area is 141 Å². The molecule has 1 aliphatic rings.